The second kappa shape index (κ2) is 9.66. The Morgan fingerprint density at radius 2 is 1.79 bits per heavy atom. The molecular weight excluding hydrogens is 434 g/mol. The Balaban J connectivity index is 0.00000225. The van der Waals surface area contributed by atoms with Crippen LogP contribution in [0.2, 0.25) is 0 Å². The van der Waals surface area contributed by atoms with Crippen LogP contribution in [0, 0.1) is 0 Å². The highest BCUT2D eigenvalue weighted by atomic mass is 79.9. The molecule has 0 unspecified atom stereocenters. The van der Waals surface area contributed by atoms with Gasteiger partial charge in [0.2, 0.25) is 0 Å². The molecule has 6 heteroatoms. The van der Waals surface area contributed by atoms with Gasteiger partial charge in [-0.3, -0.25) is 0 Å². The average molecular weight is 456 g/mol. The zero-order valence-electron chi connectivity index (χ0n) is 15.6. The summed E-state index contributed by atoms with van der Waals surface area (Å²) in [5.74, 6) is 0.866. The van der Waals surface area contributed by atoms with Crippen LogP contribution in [0.4, 0.5) is 5.13 Å². The van der Waals surface area contributed by atoms with E-state index in [1.165, 1.54) is 11.1 Å². The third-order valence-corrected chi connectivity index (χ3v) is 5.43. The summed E-state index contributed by atoms with van der Waals surface area (Å²) in [5.41, 5.74) is 3.63. The minimum Gasteiger partial charge on any atom is -1.00 e. The van der Waals surface area contributed by atoms with Gasteiger partial charge < -0.3 is 27.0 Å². The van der Waals surface area contributed by atoms with E-state index in [1.54, 1.807) is 18.4 Å². The van der Waals surface area contributed by atoms with Crippen LogP contribution in [-0.2, 0) is 13.0 Å². The molecule has 0 radical (unpaired) electrons. The maximum absolute atomic E-state index is 5.27. The molecule has 2 aromatic carbocycles. The first-order valence-corrected chi connectivity index (χ1v) is 9.82. The summed E-state index contributed by atoms with van der Waals surface area (Å²) < 4.78 is 8.61. The van der Waals surface area contributed by atoms with Crippen LogP contribution in [0.5, 0.6) is 5.75 Å². The summed E-state index contributed by atoms with van der Waals surface area (Å²) in [5, 5.41) is 4.39. The molecule has 0 saturated carbocycles. The molecule has 4 nitrogen and oxygen atoms in total. The molecule has 0 bridgehead atoms. The lowest BCUT2D eigenvalue weighted by atomic mass is 10.2. The van der Waals surface area contributed by atoms with Gasteiger partial charge in [0.15, 0.2) is 24.1 Å². The topological polar surface area (TPSA) is 38.0 Å². The molecule has 144 valence electrons. The first kappa shape index (κ1) is 20.3. The smallest absolute Gasteiger partial charge is 0.183 e. The van der Waals surface area contributed by atoms with Crippen molar-refractivity contribution in [3.05, 3.63) is 84.2 Å². The zero-order valence-corrected chi connectivity index (χ0v) is 18.0. The van der Waals surface area contributed by atoms with Crippen molar-refractivity contribution in [2.24, 2.45) is 0 Å². The fraction of sp³-hybridized carbons (Fsp3) is 0.182. The highest BCUT2D eigenvalue weighted by Gasteiger charge is 2.06. The Hall–Kier alpha value is -2.44. The third kappa shape index (κ3) is 5.09. The van der Waals surface area contributed by atoms with E-state index in [4.69, 9.17) is 4.74 Å². The summed E-state index contributed by atoms with van der Waals surface area (Å²) in [6.45, 7) is 1.76. The largest absolute Gasteiger partial charge is 1.00 e. The van der Waals surface area contributed by atoms with Crippen molar-refractivity contribution in [1.29, 1.82) is 0 Å². The highest BCUT2D eigenvalue weighted by Crippen LogP contribution is 2.29. The number of pyridine rings is 1. The molecule has 4 aromatic rings. The Kier molecular flexibility index (Phi) is 7.01. The van der Waals surface area contributed by atoms with Gasteiger partial charge in [-0.2, -0.15) is 0 Å². The van der Waals surface area contributed by atoms with Gasteiger partial charge >= 0.3 is 0 Å². The van der Waals surface area contributed by atoms with E-state index in [-0.39, 0.29) is 17.0 Å². The van der Waals surface area contributed by atoms with E-state index >= 15 is 0 Å². The Bertz CT molecular complexity index is 1020. The number of benzene rings is 2. The molecule has 0 amide bonds. The number of halogens is 1. The lowest BCUT2D eigenvalue weighted by Gasteiger charge is -2.03. The van der Waals surface area contributed by atoms with Crippen molar-refractivity contribution < 1.29 is 26.3 Å². The van der Waals surface area contributed by atoms with E-state index in [1.807, 2.05) is 24.3 Å². The Labute approximate surface area is 179 Å². The first-order valence-electron chi connectivity index (χ1n) is 9.00. The van der Waals surface area contributed by atoms with Crippen LogP contribution in [0.15, 0.2) is 73.1 Å². The monoisotopic (exact) mass is 455 g/mol. The Morgan fingerprint density at radius 1 is 1.00 bits per heavy atom. The van der Waals surface area contributed by atoms with Crippen molar-refractivity contribution in [1.82, 2.24) is 4.98 Å². The molecule has 2 heterocycles. The molecular formula is C22H22BrN3OS. The van der Waals surface area contributed by atoms with Crippen LogP contribution in [0.3, 0.4) is 0 Å². The molecule has 1 N–H and O–H groups in total. The minimum absolute atomic E-state index is 0. The van der Waals surface area contributed by atoms with E-state index in [2.05, 4.69) is 63.7 Å². The molecule has 0 atom stereocenters. The maximum Gasteiger partial charge on any atom is 0.183 e. The van der Waals surface area contributed by atoms with E-state index < -0.39 is 0 Å². The van der Waals surface area contributed by atoms with Crippen LogP contribution in [-0.4, -0.2) is 18.6 Å². The number of anilines is 1. The number of nitrogens with zero attached hydrogens (tertiary/aromatic N) is 2. The predicted octanol–water partition coefficient (Wildman–Crippen LogP) is 1.30. The fourth-order valence-corrected chi connectivity index (χ4v) is 3.90. The lowest BCUT2D eigenvalue weighted by molar-refractivity contribution is -0.688. The van der Waals surface area contributed by atoms with Gasteiger partial charge in [-0.15, -0.1) is 0 Å². The van der Waals surface area contributed by atoms with Crippen molar-refractivity contribution in [3.63, 3.8) is 0 Å². The van der Waals surface area contributed by atoms with Gasteiger partial charge in [0.1, 0.15) is 5.75 Å². The number of nitrogens with one attached hydrogen (secondary N) is 1. The van der Waals surface area contributed by atoms with Gasteiger partial charge in [-0.25, -0.2) is 9.55 Å². The van der Waals surface area contributed by atoms with E-state index in [0.29, 0.717) is 0 Å². The summed E-state index contributed by atoms with van der Waals surface area (Å²) >= 11 is 1.66. The minimum atomic E-state index is 0. The van der Waals surface area contributed by atoms with E-state index in [9.17, 15) is 0 Å². The molecule has 0 saturated heterocycles. The van der Waals surface area contributed by atoms with Crippen molar-refractivity contribution >= 4 is 26.7 Å². The van der Waals surface area contributed by atoms with E-state index in [0.717, 1.165) is 40.6 Å². The molecule has 28 heavy (non-hydrogen) atoms. The van der Waals surface area contributed by atoms with Gasteiger partial charge in [-0.05, 0) is 30.2 Å². The van der Waals surface area contributed by atoms with Gasteiger partial charge in [0.05, 0.1) is 17.3 Å². The number of aromatic nitrogens is 2. The SMILES string of the molecule is COc1ccc2nc(NCCc3cc[n+](Cc4ccccc4)cc3)sc2c1.[Br-]. The van der Waals surface area contributed by atoms with Crippen molar-refractivity contribution in [2.75, 3.05) is 19.0 Å². The normalized spacial score (nSPS) is 10.5. The summed E-state index contributed by atoms with van der Waals surface area (Å²) in [7, 11) is 1.69. The average Bonchev–Trinajstić information content (AvgIpc) is 3.12. The number of rotatable bonds is 7. The molecule has 2 aromatic heterocycles. The number of methoxy groups -OCH3 is 1. The lowest BCUT2D eigenvalue weighted by Crippen LogP contribution is -3.00. The first-order chi connectivity index (χ1) is 13.3. The second-order valence-electron chi connectivity index (χ2n) is 6.39. The number of hydrogen-bond donors (Lipinski definition) is 1. The predicted molar refractivity (Wildman–Crippen MR) is 111 cm³/mol. The van der Waals surface area contributed by atoms with Gasteiger partial charge in [-0.1, -0.05) is 41.7 Å². The number of ether oxygens (including phenoxy) is 1. The standard InChI is InChI=1S/C22H22N3OS.BrH/c1-26-19-7-8-20-21(15-19)27-22(24-20)23-12-9-17-10-13-25(14-11-17)16-18-5-3-2-4-6-18;/h2-8,10-11,13-15H,9,12,16H2,1H3,(H,23,24);1H/q+1;/p-1. The third-order valence-electron chi connectivity index (χ3n) is 4.45. The summed E-state index contributed by atoms with van der Waals surface area (Å²) in [6.07, 6.45) is 5.25. The summed E-state index contributed by atoms with van der Waals surface area (Å²) in [4.78, 5) is 4.63. The number of thiazole rings is 1. The van der Waals surface area contributed by atoms with Gasteiger partial charge in [0.25, 0.3) is 0 Å². The van der Waals surface area contributed by atoms with Crippen LogP contribution >= 0.6 is 11.3 Å². The zero-order chi connectivity index (χ0) is 18.5. The fourth-order valence-electron chi connectivity index (χ4n) is 2.98. The second-order valence-corrected chi connectivity index (χ2v) is 7.42. The molecule has 0 aliphatic carbocycles. The van der Waals surface area contributed by atoms with Crippen molar-refractivity contribution in [2.45, 2.75) is 13.0 Å². The molecule has 0 fully saturated rings. The molecule has 0 aliphatic rings. The quantitative estimate of drug-likeness (QED) is 0.426. The molecule has 0 spiro atoms. The maximum atomic E-state index is 5.27. The van der Waals surface area contributed by atoms with Crippen LogP contribution < -0.4 is 31.6 Å². The van der Waals surface area contributed by atoms with Crippen molar-refractivity contribution in [3.8, 4) is 5.75 Å². The van der Waals surface area contributed by atoms with Crippen LogP contribution in [0.1, 0.15) is 11.1 Å². The van der Waals surface area contributed by atoms with Gasteiger partial charge in [0, 0.05) is 24.2 Å². The number of hydrogen-bond acceptors (Lipinski definition) is 4. The summed E-state index contributed by atoms with van der Waals surface area (Å²) in [6, 6.07) is 20.9. The van der Waals surface area contributed by atoms with Crippen LogP contribution in [0.25, 0.3) is 10.2 Å². The Morgan fingerprint density at radius 3 is 2.54 bits per heavy atom. The number of fused-ring (bicyclic) bond motifs is 1. The molecule has 4 rings (SSSR count). The highest BCUT2D eigenvalue weighted by molar-refractivity contribution is 7.22. The molecule has 0 aliphatic heterocycles.